The van der Waals surface area contributed by atoms with Gasteiger partial charge in [-0.25, -0.2) is 0 Å². The Morgan fingerprint density at radius 1 is 1.26 bits per heavy atom. The van der Waals surface area contributed by atoms with E-state index >= 15 is 0 Å². The molecule has 2 rings (SSSR count). The van der Waals surface area contributed by atoms with Gasteiger partial charge >= 0.3 is 0 Å². The van der Waals surface area contributed by atoms with Gasteiger partial charge < -0.3 is 10.8 Å². The fourth-order valence-electron chi connectivity index (χ4n) is 2.95. The minimum Gasteiger partial charge on any atom is -0.388 e. The zero-order valence-corrected chi connectivity index (χ0v) is 11.6. The van der Waals surface area contributed by atoms with Crippen LogP contribution in [0.25, 0.3) is 6.08 Å². The standard InChI is InChI=1S/C17H25NO/c18-11-5-9-14-8-4-10-16(12-14)17(19)13-15-6-2-1-3-7-15/h4-5,8-10,12,15,17,19H,1-3,6-7,11,13,18H2/b9-5+. The number of hydrogen-bond donors (Lipinski definition) is 2. The SMILES string of the molecule is NC/C=C/c1cccc(C(O)CC2CCCCC2)c1. The van der Waals surface area contributed by atoms with Crippen molar-refractivity contribution < 1.29 is 5.11 Å². The molecule has 1 aromatic rings. The molecular formula is C17H25NO. The van der Waals surface area contributed by atoms with Gasteiger partial charge in [-0.15, -0.1) is 0 Å². The fourth-order valence-corrected chi connectivity index (χ4v) is 2.95. The average Bonchev–Trinajstić information content (AvgIpc) is 2.46. The molecule has 2 nitrogen and oxygen atoms in total. The van der Waals surface area contributed by atoms with E-state index in [0.29, 0.717) is 12.5 Å². The summed E-state index contributed by atoms with van der Waals surface area (Å²) in [5, 5.41) is 10.4. The van der Waals surface area contributed by atoms with Crippen molar-refractivity contribution in [3.8, 4) is 0 Å². The summed E-state index contributed by atoms with van der Waals surface area (Å²) >= 11 is 0. The van der Waals surface area contributed by atoms with Crippen molar-refractivity contribution in [2.45, 2.75) is 44.6 Å². The summed E-state index contributed by atoms with van der Waals surface area (Å²) in [6.45, 7) is 0.550. The van der Waals surface area contributed by atoms with Gasteiger partial charge in [0.1, 0.15) is 0 Å². The molecule has 1 saturated carbocycles. The maximum absolute atomic E-state index is 10.4. The monoisotopic (exact) mass is 259 g/mol. The Labute approximate surface area is 116 Å². The van der Waals surface area contributed by atoms with Gasteiger partial charge in [-0.3, -0.25) is 0 Å². The van der Waals surface area contributed by atoms with Gasteiger partial charge in [0.25, 0.3) is 0 Å². The third-order valence-electron chi connectivity index (χ3n) is 4.02. The Morgan fingerprint density at radius 3 is 2.79 bits per heavy atom. The lowest BCUT2D eigenvalue weighted by Gasteiger charge is -2.24. The van der Waals surface area contributed by atoms with Crippen LogP contribution in [-0.2, 0) is 0 Å². The van der Waals surface area contributed by atoms with E-state index in [2.05, 4.69) is 6.07 Å². The zero-order chi connectivity index (χ0) is 13.5. The van der Waals surface area contributed by atoms with Crippen LogP contribution in [0.3, 0.4) is 0 Å². The summed E-state index contributed by atoms with van der Waals surface area (Å²) in [5.74, 6) is 0.701. The minimum atomic E-state index is -0.325. The molecule has 1 unspecified atom stereocenters. The lowest BCUT2D eigenvalue weighted by Crippen LogP contribution is -2.11. The Balaban J connectivity index is 1.97. The number of hydrogen-bond acceptors (Lipinski definition) is 2. The highest BCUT2D eigenvalue weighted by atomic mass is 16.3. The molecule has 0 saturated heterocycles. The van der Waals surface area contributed by atoms with Gasteiger partial charge in [-0.2, -0.15) is 0 Å². The van der Waals surface area contributed by atoms with E-state index in [9.17, 15) is 5.11 Å². The Bertz CT molecular complexity index is 407. The second-order valence-electron chi connectivity index (χ2n) is 5.56. The second kappa shape index (κ2) is 7.46. The lowest BCUT2D eigenvalue weighted by molar-refractivity contribution is 0.131. The van der Waals surface area contributed by atoms with E-state index < -0.39 is 0 Å². The first-order valence-corrected chi connectivity index (χ1v) is 7.44. The van der Waals surface area contributed by atoms with E-state index in [-0.39, 0.29) is 6.10 Å². The maximum Gasteiger partial charge on any atom is 0.0792 e. The third kappa shape index (κ3) is 4.48. The van der Waals surface area contributed by atoms with Gasteiger partial charge in [-0.1, -0.05) is 62.5 Å². The van der Waals surface area contributed by atoms with Crippen LogP contribution in [0.5, 0.6) is 0 Å². The molecule has 0 spiro atoms. The fraction of sp³-hybridized carbons (Fsp3) is 0.529. The molecule has 2 heteroatoms. The Morgan fingerprint density at radius 2 is 2.05 bits per heavy atom. The van der Waals surface area contributed by atoms with E-state index in [1.54, 1.807) is 0 Å². The maximum atomic E-state index is 10.4. The molecule has 19 heavy (non-hydrogen) atoms. The summed E-state index contributed by atoms with van der Waals surface area (Å²) in [5.41, 5.74) is 7.61. The summed E-state index contributed by atoms with van der Waals surface area (Å²) < 4.78 is 0. The number of benzene rings is 1. The summed E-state index contributed by atoms with van der Waals surface area (Å²) in [4.78, 5) is 0. The van der Waals surface area contributed by atoms with Gasteiger partial charge in [-0.05, 0) is 29.5 Å². The molecular weight excluding hydrogens is 234 g/mol. The largest absolute Gasteiger partial charge is 0.388 e. The van der Waals surface area contributed by atoms with Crippen LogP contribution < -0.4 is 5.73 Å². The first-order chi connectivity index (χ1) is 9.29. The summed E-state index contributed by atoms with van der Waals surface area (Å²) in [7, 11) is 0. The highest BCUT2D eigenvalue weighted by Gasteiger charge is 2.18. The van der Waals surface area contributed by atoms with Crippen molar-refractivity contribution >= 4 is 6.08 Å². The zero-order valence-electron chi connectivity index (χ0n) is 11.6. The molecule has 104 valence electrons. The molecule has 0 heterocycles. The van der Waals surface area contributed by atoms with E-state index in [4.69, 9.17) is 5.73 Å². The molecule has 0 amide bonds. The Kier molecular flexibility index (Phi) is 5.62. The highest BCUT2D eigenvalue weighted by molar-refractivity contribution is 5.50. The summed E-state index contributed by atoms with van der Waals surface area (Å²) in [6, 6.07) is 8.14. The normalized spacial score (nSPS) is 18.8. The van der Waals surface area contributed by atoms with Crippen LogP contribution in [0.1, 0.15) is 55.8 Å². The van der Waals surface area contributed by atoms with Crippen molar-refractivity contribution in [1.82, 2.24) is 0 Å². The van der Waals surface area contributed by atoms with E-state index in [0.717, 1.165) is 17.5 Å². The lowest BCUT2D eigenvalue weighted by atomic mass is 9.84. The quantitative estimate of drug-likeness (QED) is 0.847. The van der Waals surface area contributed by atoms with E-state index in [1.807, 2.05) is 30.4 Å². The van der Waals surface area contributed by atoms with Gasteiger partial charge in [0.15, 0.2) is 0 Å². The van der Waals surface area contributed by atoms with Crippen LogP contribution in [0.15, 0.2) is 30.3 Å². The molecule has 1 fully saturated rings. The number of rotatable bonds is 5. The topological polar surface area (TPSA) is 46.2 Å². The Hall–Kier alpha value is -1.12. The number of nitrogens with two attached hydrogens (primary N) is 1. The first kappa shape index (κ1) is 14.3. The molecule has 1 aromatic carbocycles. The molecule has 1 aliphatic carbocycles. The predicted octanol–water partition coefficient (Wildman–Crippen LogP) is 3.66. The van der Waals surface area contributed by atoms with E-state index in [1.165, 1.54) is 32.1 Å². The third-order valence-corrected chi connectivity index (χ3v) is 4.02. The second-order valence-corrected chi connectivity index (χ2v) is 5.56. The minimum absolute atomic E-state index is 0.325. The number of aliphatic hydroxyl groups excluding tert-OH is 1. The van der Waals surface area contributed by atoms with Crippen LogP contribution >= 0.6 is 0 Å². The van der Waals surface area contributed by atoms with Crippen LogP contribution in [0, 0.1) is 5.92 Å². The van der Waals surface area contributed by atoms with Crippen molar-refractivity contribution in [3.63, 3.8) is 0 Å². The molecule has 0 aromatic heterocycles. The van der Waals surface area contributed by atoms with Crippen molar-refractivity contribution in [2.75, 3.05) is 6.54 Å². The molecule has 3 N–H and O–H groups in total. The highest BCUT2D eigenvalue weighted by Crippen LogP contribution is 2.32. The van der Waals surface area contributed by atoms with Gasteiger partial charge in [0, 0.05) is 6.54 Å². The van der Waals surface area contributed by atoms with Crippen LogP contribution in [0.2, 0.25) is 0 Å². The average molecular weight is 259 g/mol. The number of aliphatic hydroxyl groups is 1. The van der Waals surface area contributed by atoms with Crippen molar-refractivity contribution in [2.24, 2.45) is 11.7 Å². The first-order valence-electron chi connectivity index (χ1n) is 7.44. The smallest absolute Gasteiger partial charge is 0.0792 e. The van der Waals surface area contributed by atoms with Crippen molar-refractivity contribution in [3.05, 3.63) is 41.5 Å². The molecule has 1 atom stereocenters. The molecule has 0 radical (unpaired) electrons. The van der Waals surface area contributed by atoms with Crippen LogP contribution in [-0.4, -0.2) is 11.7 Å². The summed E-state index contributed by atoms with van der Waals surface area (Å²) in [6.07, 6.45) is 11.1. The predicted molar refractivity (Wildman–Crippen MR) is 80.7 cm³/mol. The van der Waals surface area contributed by atoms with Gasteiger partial charge in [0.05, 0.1) is 6.10 Å². The molecule has 0 bridgehead atoms. The molecule has 0 aliphatic heterocycles. The van der Waals surface area contributed by atoms with Gasteiger partial charge in [0.2, 0.25) is 0 Å². The molecule has 1 aliphatic rings. The van der Waals surface area contributed by atoms with Crippen LogP contribution in [0.4, 0.5) is 0 Å². The van der Waals surface area contributed by atoms with Crippen molar-refractivity contribution in [1.29, 1.82) is 0 Å².